The van der Waals surface area contributed by atoms with Crippen LogP contribution < -0.4 is 15.8 Å². The van der Waals surface area contributed by atoms with Gasteiger partial charge in [0.25, 0.3) is 5.91 Å². The van der Waals surface area contributed by atoms with E-state index in [0.29, 0.717) is 31.0 Å². The normalized spacial score (nSPS) is 12.1. The molecule has 1 aromatic carbocycles. The first-order valence-corrected chi connectivity index (χ1v) is 8.20. The summed E-state index contributed by atoms with van der Waals surface area (Å²) in [7, 11) is 1.67. The van der Waals surface area contributed by atoms with Crippen LogP contribution in [0.15, 0.2) is 47.7 Å². The van der Waals surface area contributed by atoms with Gasteiger partial charge < -0.3 is 20.5 Å². The molecule has 0 aliphatic heterocycles. The molecule has 0 heterocycles. The topological polar surface area (TPSA) is 73.6 Å². The summed E-state index contributed by atoms with van der Waals surface area (Å²) in [6, 6.07) is 7.67. The number of methoxy groups -OCH3 is 1. The first-order valence-electron chi connectivity index (χ1n) is 8.20. The molecule has 3 N–H and O–H groups in total. The first-order chi connectivity index (χ1) is 11.6. The van der Waals surface area contributed by atoms with Crippen LogP contribution in [0.3, 0.4) is 0 Å². The fourth-order valence-corrected chi connectivity index (χ4v) is 2.00. The number of nitrogens with two attached hydrogens (primary N) is 1. The third kappa shape index (κ3) is 7.33. The minimum Gasteiger partial charge on any atom is -0.494 e. The lowest BCUT2D eigenvalue weighted by Crippen LogP contribution is -2.25. The Hall–Kier alpha value is -2.27. The largest absolute Gasteiger partial charge is 0.494 e. The van der Waals surface area contributed by atoms with Crippen molar-refractivity contribution >= 4 is 5.91 Å². The summed E-state index contributed by atoms with van der Waals surface area (Å²) in [6.45, 7) is 5.49. The SMILES string of the molecule is CC/C=C\C(C(=O)NCc1ccc(OCCCOC)cc1)=C(/C)N. The summed E-state index contributed by atoms with van der Waals surface area (Å²) in [5.41, 5.74) is 7.80. The molecule has 0 saturated heterocycles. The molecule has 0 saturated carbocycles. The average Bonchev–Trinajstić information content (AvgIpc) is 2.58. The molecule has 0 unspecified atom stereocenters. The summed E-state index contributed by atoms with van der Waals surface area (Å²) < 4.78 is 10.6. The fourth-order valence-electron chi connectivity index (χ4n) is 2.00. The van der Waals surface area contributed by atoms with Gasteiger partial charge in [0.2, 0.25) is 0 Å². The monoisotopic (exact) mass is 332 g/mol. The molecule has 0 radical (unpaired) electrons. The summed E-state index contributed by atoms with van der Waals surface area (Å²) >= 11 is 0. The molecular formula is C19H28N2O3. The van der Waals surface area contributed by atoms with E-state index in [0.717, 1.165) is 24.2 Å². The van der Waals surface area contributed by atoms with Gasteiger partial charge in [0.15, 0.2) is 0 Å². The molecule has 0 aromatic heterocycles. The highest BCUT2D eigenvalue weighted by atomic mass is 16.5. The van der Waals surface area contributed by atoms with Crippen LogP contribution in [-0.2, 0) is 16.1 Å². The van der Waals surface area contributed by atoms with Crippen LogP contribution in [0.2, 0.25) is 0 Å². The van der Waals surface area contributed by atoms with Gasteiger partial charge in [-0.2, -0.15) is 0 Å². The van der Waals surface area contributed by atoms with E-state index in [1.165, 1.54) is 0 Å². The molecule has 1 amide bonds. The molecule has 24 heavy (non-hydrogen) atoms. The van der Waals surface area contributed by atoms with Gasteiger partial charge in [0.1, 0.15) is 5.75 Å². The molecule has 0 fully saturated rings. The number of ether oxygens (including phenoxy) is 2. The molecule has 0 bridgehead atoms. The second-order valence-corrected chi connectivity index (χ2v) is 5.43. The smallest absolute Gasteiger partial charge is 0.253 e. The van der Waals surface area contributed by atoms with Crippen molar-refractivity contribution in [2.24, 2.45) is 5.73 Å². The Kier molecular flexibility index (Phi) is 9.31. The van der Waals surface area contributed by atoms with E-state index in [1.807, 2.05) is 37.3 Å². The number of allylic oxidation sites excluding steroid dienone is 2. The van der Waals surface area contributed by atoms with Crippen LogP contribution in [0.25, 0.3) is 0 Å². The number of hydrogen-bond donors (Lipinski definition) is 2. The van der Waals surface area contributed by atoms with Crippen molar-refractivity contribution in [3.8, 4) is 5.75 Å². The first kappa shape index (κ1) is 19.8. The van der Waals surface area contributed by atoms with Gasteiger partial charge in [-0.15, -0.1) is 0 Å². The number of amides is 1. The van der Waals surface area contributed by atoms with Gasteiger partial charge in [0.05, 0.1) is 12.2 Å². The Bertz CT molecular complexity index is 558. The van der Waals surface area contributed by atoms with E-state index >= 15 is 0 Å². The predicted molar refractivity (Wildman–Crippen MR) is 96.6 cm³/mol. The van der Waals surface area contributed by atoms with E-state index < -0.39 is 0 Å². The molecule has 1 rings (SSSR count). The maximum Gasteiger partial charge on any atom is 0.253 e. The van der Waals surface area contributed by atoms with E-state index in [-0.39, 0.29) is 5.91 Å². The quantitative estimate of drug-likeness (QED) is 0.392. The summed E-state index contributed by atoms with van der Waals surface area (Å²) in [6.07, 6.45) is 5.39. The maximum absolute atomic E-state index is 12.2. The highest BCUT2D eigenvalue weighted by molar-refractivity contribution is 5.96. The Morgan fingerprint density at radius 1 is 1.25 bits per heavy atom. The number of carbonyl (C=O) groups is 1. The second kappa shape index (κ2) is 11.3. The molecule has 0 spiro atoms. The summed E-state index contributed by atoms with van der Waals surface area (Å²) in [4.78, 5) is 12.2. The minimum absolute atomic E-state index is 0.167. The molecule has 132 valence electrons. The van der Waals surface area contributed by atoms with Crippen LogP contribution >= 0.6 is 0 Å². The van der Waals surface area contributed by atoms with Crippen LogP contribution in [0.4, 0.5) is 0 Å². The maximum atomic E-state index is 12.2. The minimum atomic E-state index is -0.167. The van der Waals surface area contributed by atoms with Gasteiger partial charge in [-0.3, -0.25) is 4.79 Å². The van der Waals surface area contributed by atoms with Crippen LogP contribution in [0, 0.1) is 0 Å². The van der Waals surface area contributed by atoms with E-state index in [2.05, 4.69) is 5.32 Å². The van der Waals surface area contributed by atoms with Crippen molar-refractivity contribution in [3.63, 3.8) is 0 Å². The van der Waals surface area contributed by atoms with Crippen LogP contribution in [-0.4, -0.2) is 26.2 Å². The van der Waals surface area contributed by atoms with Gasteiger partial charge in [-0.1, -0.05) is 31.2 Å². The number of hydrogen-bond acceptors (Lipinski definition) is 4. The van der Waals surface area contributed by atoms with Gasteiger partial charge >= 0.3 is 0 Å². The van der Waals surface area contributed by atoms with E-state index in [9.17, 15) is 4.79 Å². The lowest BCUT2D eigenvalue weighted by molar-refractivity contribution is -0.117. The van der Waals surface area contributed by atoms with Crippen molar-refractivity contribution in [2.45, 2.75) is 33.2 Å². The molecule has 0 aliphatic rings. The van der Waals surface area contributed by atoms with Crippen molar-refractivity contribution in [1.82, 2.24) is 5.32 Å². The third-order valence-corrected chi connectivity index (χ3v) is 3.33. The molecular weight excluding hydrogens is 304 g/mol. The van der Waals surface area contributed by atoms with Crippen LogP contribution in [0.5, 0.6) is 5.75 Å². The fraction of sp³-hybridized carbons (Fsp3) is 0.421. The lowest BCUT2D eigenvalue weighted by atomic mass is 10.1. The summed E-state index contributed by atoms with van der Waals surface area (Å²) in [5.74, 6) is 0.644. The zero-order chi connectivity index (χ0) is 17.8. The lowest BCUT2D eigenvalue weighted by Gasteiger charge is -2.09. The molecule has 5 nitrogen and oxygen atoms in total. The predicted octanol–water partition coefficient (Wildman–Crippen LogP) is 2.92. The number of nitrogens with one attached hydrogen (secondary N) is 1. The van der Waals surface area contributed by atoms with Gasteiger partial charge in [0, 0.05) is 32.4 Å². The number of carbonyl (C=O) groups excluding carboxylic acids is 1. The zero-order valence-electron chi connectivity index (χ0n) is 14.8. The standard InChI is InChI=1S/C19H28N2O3/c1-4-5-7-18(15(2)20)19(22)21-14-16-8-10-17(11-9-16)24-13-6-12-23-3/h5,7-11H,4,6,12-14,20H2,1-3H3,(H,21,22)/b7-5-,18-15-. The van der Waals surface area contributed by atoms with Crippen molar-refractivity contribution in [2.75, 3.05) is 20.3 Å². The highest BCUT2D eigenvalue weighted by Crippen LogP contribution is 2.12. The Morgan fingerprint density at radius 2 is 1.96 bits per heavy atom. The Labute approximate surface area is 144 Å². The van der Waals surface area contributed by atoms with Crippen molar-refractivity contribution in [1.29, 1.82) is 0 Å². The third-order valence-electron chi connectivity index (χ3n) is 3.33. The molecule has 0 atom stereocenters. The van der Waals surface area contributed by atoms with Gasteiger partial charge in [-0.05, 0) is 31.0 Å². The second-order valence-electron chi connectivity index (χ2n) is 5.43. The molecule has 0 aliphatic carbocycles. The van der Waals surface area contributed by atoms with E-state index in [4.69, 9.17) is 15.2 Å². The number of rotatable bonds is 10. The molecule has 5 heteroatoms. The Balaban J connectivity index is 2.50. The van der Waals surface area contributed by atoms with E-state index in [1.54, 1.807) is 20.1 Å². The average molecular weight is 332 g/mol. The molecule has 1 aromatic rings. The van der Waals surface area contributed by atoms with Crippen molar-refractivity contribution < 1.29 is 14.3 Å². The van der Waals surface area contributed by atoms with Gasteiger partial charge in [-0.25, -0.2) is 0 Å². The zero-order valence-corrected chi connectivity index (χ0v) is 14.8. The summed E-state index contributed by atoms with van der Waals surface area (Å²) in [5, 5.41) is 2.88. The number of benzene rings is 1. The Morgan fingerprint density at radius 3 is 2.54 bits per heavy atom. The van der Waals surface area contributed by atoms with Crippen molar-refractivity contribution in [3.05, 3.63) is 53.3 Å². The van der Waals surface area contributed by atoms with Crippen LogP contribution in [0.1, 0.15) is 32.3 Å². The highest BCUT2D eigenvalue weighted by Gasteiger charge is 2.08.